The molecular weight excluding hydrogens is 407 g/mol. The van der Waals surface area contributed by atoms with E-state index in [2.05, 4.69) is 4.85 Å². The summed E-state index contributed by atoms with van der Waals surface area (Å²) in [6.07, 6.45) is -4.59. The third-order valence-electron chi connectivity index (χ3n) is 5.13. The Morgan fingerprint density at radius 2 is 1.90 bits per heavy atom. The summed E-state index contributed by atoms with van der Waals surface area (Å²) in [4.78, 5) is 17.0. The van der Waals surface area contributed by atoms with E-state index < -0.39 is 29.5 Å². The van der Waals surface area contributed by atoms with E-state index in [-0.39, 0.29) is 22.9 Å². The van der Waals surface area contributed by atoms with Crippen LogP contribution in [0.2, 0.25) is 0 Å². The number of rotatable bonds is 3. The molecule has 156 valence electrons. The molecule has 0 aromatic heterocycles. The number of alkyl halides is 3. The first kappa shape index (κ1) is 21.6. The summed E-state index contributed by atoms with van der Waals surface area (Å²) in [6.45, 7) is 9.17. The minimum atomic E-state index is -4.59. The van der Waals surface area contributed by atoms with Gasteiger partial charge in [-0.05, 0) is 42.8 Å². The van der Waals surface area contributed by atoms with Crippen molar-refractivity contribution in [3.05, 3.63) is 88.0 Å². The van der Waals surface area contributed by atoms with Crippen LogP contribution in [0.4, 0.5) is 18.9 Å². The second-order valence-electron chi connectivity index (χ2n) is 6.94. The number of benzene rings is 2. The molecular formula is C22H16F3N5O. The lowest BCUT2D eigenvalue weighted by Gasteiger charge is -2.39. The molecule has 0 spiro atoms. The topological polar surface area (TPSA) is 98.3 Å². The minimum absolute atomic E-state index is 0.00278. The second-order valence-corrected chi connectivity index (χ2v) is 6.94. The van der Waals surface area contributed by atoms with Gasteiger partial charge in [-0.3, -0.25) is 10.2 Å². The van der Waals surface area contributed by atoms with E-state index >= 15 is 0 Å². The number of amides is 1. The fraction of sp³-hybridized carbons (Fsp3) is 0.182. The molecule has 9 heteroatoms. The molecule has 1 heterocycles. The number of amidine groups is 1. The summed E-state index contributed by atoms with van der Waals surface area (Å²) >= 11 is 0. The van der Waals surface area contributed by atoms with Gasteiger partial charge in [0.25, 0.3) is 0 Å². The van der Waals surface area contributed by atoms with Crippen molar-refractivity contribution in [3.8, 4) is 6.07 Å². The summed E-state index contributed by atoms with van der Waals surface area (Å²) < 4.78 is 39.6. The maximum absolute atomic E-state index is 13.2. The average molecular weight is 423 g/mol. The van der Waals surface area contributed by atoms with Crippen molar-refractivity contribution in [1.29, 1.82) is 10.7 Å². The highest BCUT2D eigenvalue weighted by atomic mass is 19.4. The van der Waals surface area contributed by atoms with E-state index in [1.807, 2.05) is 6.07 Å². The van der Waals surface area contributed by atoms with Crippen molar-refractivity contribution in [3.63, 3.8) is 0 Å². The Kier molecular flexibility index (Phi) is 5.54. The summed E-state index contributed by atoms with van der Waals surface area (Å²) in [5.74, 6) is -3.39. The highest BCUT2D eigenvalue weighted by Crippen LogP contribution is 2.43. The van der Waals surface area contributed by atoms with Crippen LogP contribution in [0, 0.1) is 29.2 Å². The molecule has 0 saturated heterocycles. The quantitative estimate of drug-likeness (QED) is 0.716. The van der Waals surface area contributed by atoms with Crippen molar-refractivity contribution < 1.29 is 18.0 Å². The van der Waals surface area contributed by atoms with E-state index in [1.165, 1.54) is 31.2 Å². The van der Waals surface area contributed by atoms with Gasteiger partial charge in [-0.2, -0.15) is 18.4 Å². The highest BCUT2D eigenvalue weighted by molar-refractivity contribution is 6.12. The minimum Gasteiger partial charge on any atom is -0.369 e. The lowest BCUT2D eigenvalue weighted by Crippen LogP contribution is -2.48. The monoisotopic (exact) mass is 423 g/mol. The zero-order chi connectivity index (χ0) is 22.9. The van der Waals surface area contributed by atoms with Gasteiger partial charge >= 0.3 is 6.18 Å². The third-order valence-corrected chi connectivity index (χ3v) is 5.13. The molecule has 31 heavy (non-hydrogen) atoms. The molecule has 3 N–H and O–H groups in total. The molecule has 2 aromatic rings. The second kappa shape index (κ2) is 7.96. The highest BCUT2D eigenvalue weighted by Gasteiger charge is 2.44. The Morgan fingerprint density at radius 3 is 2.42 bits per heavy atom. The number of anilines is 1. The van der Waals surface area contributed by atoms with Crippen LogP contribution in [0.25, 0.3) is 4.85 Å². The van der Waals surface area contributed by atoms with Crippen LogP contribution in [0.5, 0.6) is 0 Å². The van der Waals surface area contributed by atoms with E-state index in [1.54, 1.807) is 12.1 Å². The molecule has 2 aromatic carbocycles. The number of carbonyl (C=O) groups excluding carboxylic acids is 1. The van der Waals surface area contributed by atoms with E-state index in [4.69, 9.17) is 23.0 Å². The van der Waals surface area contributed by atoms with Gasteiger partial charge in [0.1, 0.15) is 5.84 Å². The molecule has 0 aliphatic carbocycles. The first-order chi connectivity index (χ1) is 14.6. The van der Waals surface area contributed by atoms with E-state index in [0.29, 0.717) is 11.1 Å². The maximum atomic E-state index is 13.2. The summed E-state index contributed by atoms with van der Waals surface area (Å²) in [6, 6.07) is 12.5. The molecule has 0 saturated carbocycles. The average Bonchev–Trinajstić information content (AvgIpc) is 2.73. The van der Waals surface area contributed by atoms with Gasteiger partial charge in [-0.15, -0.1) is 0 Å². The normalized spacial score (nSPS) is 19.0. The number of nitrogens with two attached hydrogens (primary N) is 1. The molecule has 1 aliphatic heterocycles. The SMILES string of the molecule is [C-]#[N+]C1=C(C)N(c2cccc(C(F)(F)F)c2)C(=N)C(C(N)=O)C1c1ccc(C#N)cc1. The van der Waals surface area contributed by atoms with Crippen molar-refractivity contribution in [2.75, 3.05) is 4.90 Å². The standard InChI is InChI=1S/C22H16F3N5O/c1-12-19(29-2)17(14-8-6-13(11-26)7-9-14)18(21(28)31)20(27)30(12)16-5-3-4-15(10-16)22(23,24)25/h3-10,17-18,27H,1H3,(H2,28,31). The number of halogens is 3. The van der Waals surface area contributed by atoms with E-state index in [9.17, 15) is 18.0 Å². The molecule has 2 unspecified atom stereocenters. The Bertz CT molecular complexity index is 1170. The van der Waals surface area contributed by atoms with Crippen molar-refractivity contribution in [2.45, 2.75) is 19.0 Å². The molecule has 2 atom stereocenters. The fourth-order valence-corrected chi connectivity index (χ4v) is 3.69. The number of carbonyl (C=O) groups is 1. The van der Waals surface area contributed by atoms with Gasteiger partial charge in [0.15, 0.2) is 5.70 Å². The Morgan fingerprint density at radius 1 is 1.26 bits per heavy atom. The number of nitrogens with zero attached hydrogens (tertiary/aromatic N) is 3. The maximum Gasteiger partial charge on any atom is 0.416 e. The number of hydrogen-bond donors (Lipinski definition) is 2. The molecule has 1 amide bonds. The van der Waals surface area contributed by atoms with Crippen molar-refractivity contribution in [2.24, 2.45) is 11.7 Å². The largest absolute Gasteiger partial charge is 0.416 e. The summed E-state index contributed by atoms with van der Waals surface area (Å²) in [5.41, 5.74) is 5.86. The molecule has 0 radical (unpaired) electrons. The lowest BCUT2D eigenvalue weighted by atomic mass is 9.78. The van der Waals surface area contributed by atoms with Gasteiger partial charge in [-0.1, -0.05) is 18.2 Å². The van der Waals surface area contributed by atoms with Crippen LogP contribution in [0.3, 0.4) is 0 Å². The zero-order valence-electron chi connectivity index (χ0n) is 16.2. The van der Waals surface area contributed by atoms with E-state index in [0.717, 1.165) is 17.0 Å². The summed E-state index contributed by atoms with van der Waals surface area (Å²) in [5, 5.41) is 17.6. The Balaban J connectivity index is 2.21. The van der Waals surface area contributed by atoms with Gasteiger partial charge in [0.2, 0.25) is 5.91 Å². The lowest BCUT2D eigenvalue weighted by molar-refractivity contribution is -0.137. The number of hydrogen-bond acceptors (Lipinski definition) is 3. The smallest absolute Gasteiger partial charge is 0.369 e. The zero-order valence-corrected chi connectivity index (χ0v) is 16.2. The first-order valence-electron chi connectivity index (χ1n) is 9.03. The van der Waals surface area contributed by atoms with Crippen LogP contribution < -0.4 is 10.6 Å². The molecule has 6 nitrogen and oxygen atoms in total. The third kappa shape index (κ3) is 3.86. The molecule has 0 bridgehead atoms. The van der Waals surface area contributed by atoms with Crippen LogP contribution in [0.1, 0.15) is 29.5 Å². The fourth-order valence-electron chi connectivity index (χ4n) is 3.69. The molecule has 0 fully saturated rings. The first-order valence-corrected chi connectivity index (χ1v) is 9.03. The van der Waals surface area contributed by atoms with Gasteiger partial charge in [0.05, 0.1) is 29.7 Å². The number of primary amides is 1. The Labute approximate surface area is 176 Å². The van der Waals surface area contributed by atoms with Gasteiger partial charge in [0, 0.05) is 17.3 Å². The van der Waals surface area contributed by atoms with Crippen LogP contribution in [-0.2, 0) is 11.0 Å². The molecule has 1 aliphatic rings. The number of allylic oxidation sites excluding steroid dienone is 2. The van der Waals surface area contributed by atoms with Crippen LogP contribution >= 0.6 is 0 Å². The van der Waals surface area contributed by atoms with Crippen molar-refractivity contribution in [1.82, 2.24) is 0 Å². The van der Waals surface area contributed by atoms with Crippen LogP contribution in [0.15, 0.2) is 59.9 Å². The number of nitrogens with one attached hydrogen (secondary N) is 1. The van der Waals surface area contributed by atoms with Gasteiger partial charge in [-0.25, -0.2) is 4.85 Å². The Hall–Kier alpha value is -4.11. The predicted molar refractivity (Wildman–Crippen MR) is 108 cm³/mol. The summed E-state index contributed by atoms with van der Waals surface area (Å²) in [7, 11) is 0. The van der Waals surface area contributed by atoms with Gasteiger partial charge < -0.3 is 10.6 Å². The van der Waals surface area contributed by atoms with Crippen LogP contribution in [-0.4, -0.2) is 11.7 Å². The number of nitriles is 1. The predicted octanol–water partition coefficient (Wildman–Crippen LogP) is 4.41. The molecule has 3 rings (SSSR count). The van der Waals surface area contributed by atoms with Crippen molar-refractivity contribution >= 4 is 17.4 Å².